The zero-order valence-corrected chi connectivity index (χ0v) is 7.18. The van der Waals surface area contributed by atoms with Gasteiger partial charge in [0.1, 0.15) is 0 Å². The van der Waals surface area contributed by atoms with Gasteiger partial charge in [0, 0.05) is 0 Å². The summed E-state index contributed by atoms with van der Waals surface area (Å²) in [6, 6.07) is 0. The summed E-state index contributed by atoms with van der Waals surface area (Å²) < 4.78 is 0. The Bertz CT molecular complexity index is 114. The average Bonchev–Trinajstić information content (AvgIpc) is 1.62. The SMILES string of the molecule is CC(C)(C)C.[N-]=[N+]=[N-].[N-]=[N+]=[N-]. The second kappa shape index (κ2) is 11.4. The maximum Gasteiger partial charge on any atom is -0.0411 e. The van der Waals surface area contributed by atoms with Crippen LogP contribution in [0, 0.1) is 5.41 Å². The first-order valence-electron chi connectivity index (χ1n) is 2.80. The number of nitrogens with zero attached hydrogens (tertiary/aromatic N) is 6. The minimum atomic E-state index is 0.500. The van der Waals surface area contributed by atoms with E-state index in [0.717, 1.165) is 0 Å². The van der Waals surface area contributed by atoms with Gasteiger partial charge < -0.3 is 22.1 Å². The van der Waals surface area contributed by atoms with E-state index in [2.05, 4.69) is 27.7 Å². The lowest BCUT2D eigenvalue weighted by molar-refractivity contribution is 0.469. The number of hydrogen-bond acceptors (Lipinski definition) is 0. The Balaban J connectivity index is -0.0000000933. The van der Waals surface area contributed by atoms with E-state index in [1.807, 2.05) is 0 Å². The first kappa shape index (κ1) is 16.3. The molecule has 11 heavy (non-hydrogen) atoms. The van der Waals surface area contributed by atoms with Gasteiger partial charge in [0.15, 0.2) is 0 Å². The third kappa shape index (κ3) is 198. The van der Waals surface area contributed by atoms with Crippen molar-refractivity contribution in [2.24, 2.45) is 5.41 Å². The van der Waals surface area contributed by atoms with Crippen LogP contribution in [0.4, 0.5) is 0 Å². The summed E-state index contributed by atoms with van der Waals surface area (Å²) in [5.74, 6) is 0. The zero-order chi connectivity index (χ0) is 9.91. The van der Waals surface area contributed by atoms with Gasteiger partial charge in [0.25, 0.3) is 0 Å². The lowest BCUT2D eigenvalue weighted by Gasteiger charge is -2.05. The van der Waals surface area contributed by atoms with Gasteiger partial charge in [0.2, 0.25) is 0 Å². The van der Waals surface area contributed by atoms with Crippen LogP contribution in [0.1, 0.15) is 27.7 Å². The van der Waals surface area contributed by atoms with Crippen molar-refractivity contribution in [3.8, 4) is 0 Å². The Labute approximate surface area is 66.1 Å². The summed E-state index contributed by atoms with van der Waals surface area (Å²) in [6.07, 6.45) is 0. The zero-order valence-electron chi connectivity index (χ0n) is 7.18. The molecule has 0 unspecified atom stereocenters. The van der Waals surface area contributed by atoms with E-state index in [4.69, 9.17) is 22.1 Å². The second-order valence-corrected chi connectivity index (χ2v) is 3.18. The lowest BCUT2D eigenvalue weighted by atomic mass is 10.0. The molecule has 64 valence electrons. The molecule has 6 heteroatoms. The average molecular weight is 156 g/mol. The monoisotopic (exact) mass is 156 g/mol. The van der Waals surface area contributed by atoms with E-state index >= 15 is 0 Å². The molecule has 6 nitrogen and oxygen atoms in total. The molecule has 0 aliphatic rings. The van der Waals surface area contributed by atoms with Crippen LogP contribution >= 0.6 is 0 Å². The molecule has 0 saturated heterocycles. The molecule has 0 aliphatic carbocycles. The molecular formula is C5H12N6-2. The van der Waals surface area contributed by atoms with E-state index in [1.165, 1.54) is 9.82 Å². The summed E-state index contributed by atoms with van der Waals surface area (Å²) in [5.41, 5.74) is 27.5. The predicted molar refractivity (Wildman–Crippen MR) is 45.3 cm³/mol. The standard InChI is InChI=1S/C5H12.2N3/c1-5(2,3)4;2*1-3-2/h1-4H3;;/q;2*-1. The maximum absolute atomic E-state index is 6.75. The molecule has 0 spiro atoms. The maximum atomic E-state index is 6.75. The fourth-order valence-electron chi connectivity index (χ4n) is 0. The fourth-order valence-corrected chi connectivity index (χ4v) is 0. The molecule has 0 amide bonds. The van der Waals surface area contributed by atoms with Crippen molar-refractivity contribution in [2.45, 2.75) is 27.7 Å². The third-order valence-electron chi connectivity index (χ3n) is 0. The Kier molecular flexibility index (Phi) is 16.9. The van der Waals surface area contributed by atoms with E-state index < -0.39 is 0 Å². The van der Waals surface area contributed by atoms with Gasteiger partial charge in [-0.2, -0.15) is 0 Å². The van der Waals surface area contributed by atoms with Crippen molar-refractivity contribution in [3.05, 3.63) is 31.9 Å². The van der Waals surface area contributed by atoms with Crippen molar-refractivity contribution in [1.29, 1.82) is 0 Å². The highest BCUT2D eigenvalue weighted by atomic mass is 15.0. The number of rotatable bonds is 0. The highest BCUT2D eigenvalue weighted by molar-refractivity contribution is 4.47. The van der Waals surface area contributed by atoms with Crippen LogP contribution in [0.2, 0.25) is 0 Å². The number of hydrogen-bond donors (Lipinski definition) is 0. The summed E-state index contributed by atoms with van der Waals surface area (Å²) >= 11 is 0. The highest BCUT2D eigenvalue weighted by Crippen LogP contribution is 2.07. The Morgan fingerprint density at radius 1 is 0.727 bits per heavy atom. The fraction of sp³-hybridized carbons (Fsp3) is 1.00. The van der Waals surface area contributed by atoms with Gasteiger partial charge in [-0.15, -0.1) is 0 Å². The minimum Gasteiger partial charge on any atom is -0.373 e. The normalized spacial score (nSPS) is 6.91. The van der Waals surface area contributed by atoms with Crippen LogP contribution in [0.3, 0.4) is 0 Å². The minimum absolute atomic E-state index is 0.500. The molecule has 0 aromatic carbocycles. The van der Waals surface area contributed by atoms with E-state index in [9.17, 15) is 0 Å². The van der Waals surface area contributed by atoms with Gasteiger partial charge in [-0.05, 0) is 5.41 Å². The second-order valence-electron chi connectivity index (χ2n) is 3.18. The van der Waals surface area contributed by atoms with Crippen molar-refractivity contribution >= 4 is 0 Å². The van der Waals surface area contributed by atoms with Crippen molar-refractivity contribution in [3.63, 3.8) is 0 Å². The molecule has 0 aromatic heterocycles. The molecule has 0 heterocycles. The molecule has 0 bridgehead atoms. The summed E-state index contributed by atoms with van der Waals surface area (Å²) in [4.78, 5) is 3.00. The van der Waals surface area contributed by atoms with Gasteiger partial charge >= 0.3 is 0 Å². The summed E-state index contributed by atoms with van der Waals surface area (Å²) in [5, 5.41) is 0. The molecule has 0 N–H and O–H groups in total. The van der Waals surface area contributed by atoms with E-state index in [1.54, 1.807) is 0 Å². The molecule has 0 aromatic rings. The smallest absolute Gasteiger partial charge is 0.0411 e. The van der Waals surface area contributed by atoms with Gasteiger partial charge in [0.05, 0.1) is 0 Å². The van der Waals surface area contributed by atoms with Crippen LogP contribution < -0.4 is 0 Å². The summed E-state index contributed by atoms with van der Waals surface area (Å²) in [6.45, 7) is 8.75. The molecule has 0 rings (SSSR count). The molecule has 0 fully saturated rings. The third-order valence-corrected chi connectivity index (χ3v) is 0. The highest BCUT2D eigenvalue weighted by Gasteiger charge is 1.95. The van der Waals surface area contributed by atoms with Crippen LogP contribution in [0.25, 0.3) is 31.9 Å². The molecule has 0 radical (unpaired) electrons. The topological polar surface area (TPSA) is 117 Å². The molecular weight excluding hydrogens is 144 g/mol. The van der Waals surface area contributed by atoms with Crippen molar-refractivity contribution < 1.29 is 0 Å². The van der Waals surface area contributed by atoms with Crippen molar-refractivity contribution in [1.82, 2.24) is 0 Å². The van der Waals surface area contributed by atoms with E-state index in [-0.39, 0.29) is 0 Å². The first-order chi connectivity index (χ1) is 4.83. The Morgan fingerprint density at radius 2 is 0.727 bits per heavy atom. The predicted octanol–water partition coefficient (Wildman–Crippen LogP) is 3.78. The Hall–Kier alpha value is -1.38. The van der Waals surface area contributed by atoms with Gasteiger partial charge in [-0.25, -0.2) is 0 Å². The van der Waals surface area contributed by atoms with Crippen LogP contribution in [0.5, 0.6) is 0 Å². The molecule has 0 aliphatic heterocycles. The summed E-state index contributed by atoms with van der Waals surface area (Å²) in [7, 11) is 0. The van der Waals surface area contributed by atoms with Gasteiger partial charge in [-0.3, -0.25) is 9.82 Å². The van der Waals surface area contributed by atoms with Crippen LogP contribution in [-0.2, 0) is 0 Å². The van der Waals surface area contributed by atoms with Gasteiger partial charge in [-0.1, -0.05) is 27.7 Å². The first-order valence-corrected chi connectivity index (χ1v) is 2.80. The largest absolute Gasteiger partial charge is 0.373 e. The quantitative estimate of drug-likeness (QED) is 0.288. The molecule has 0 atom stereocenters. The lowest BCUT2D eigenvalue weighted by Crippen LogP contribution is -1.93. The van der Waals surface area contributed by atoms with E-state index in [0.29, 0.717) is 5.41 Å². The van der Waals surface area contributed by atoms with Crippen LogP contribution in [0.15, 0.2) is 0 Å². The Morgan fingerprint density at radius 3 is 0.727 bits per heavy atom. The van der Waals surface area contributed by atoms with Crippen LogP contribution in [-0.4, -0.2) is 0 Å². The van der Waals surface area contributed by atoms with Crippen molar-refractivity contribution in [2.75, 3.05) is 0 Å². The molecule has 0 saturated carbocycles.